The Morgan fingerprint density at radius 2 is 0.918 bits per heavy atom. The largest absolute Gasteiger partial charge is 0.484 e. The zero-order chi connectivity index (χ0) is 32.3. The van der Waals surface area contributed by atoms with E-state index < -0.39 is 0 Å². The lowest BCUT2D eigenvalue weighted by Crippen LogP contribution is -2.14. The van der Waals surface area contributed by atoms with Crippen LogP contribution in [0.4, 0.5) is 0 Å². The van der Waals surface area contributed by atoms with E-state index in [4.69, 9.17) is 4.74 Å². The highest BCUT2D eigenvalue weighted by Crippen LogP contribution is 2.52. The number of rotatable bonds is 4. The van der Waals surface area contributed by atoms with E-state index in [-0.39, 0.29) is 6.10 Å². The molecule has 0 fully saturated rings. The summed E-state index contributed by atoms with van der Waals surface area (Å²) >= 11 is 0. The molecule has 8 aromatic carbocycles. The van der Waals surface area contributed by atoms with Crippen molar-refractivity contribution in [1.29, 1.82) is 0 Å². The zero-order valence-corrected chi connectivity index (χ0v) is 26.9. The van der Waals surface area contributed by atoms with E-state index in [1.165, 1.54) is 88.0 Å². The molecule has 8 aromatic rings. The summed E-state index contributed by atoms with van der Waals surface area (Å²) in [4.78, 5) is 0. The highest BCUT2D eigenvalue weighted by molar-refractivity contribution is 6.23. The monoisotopic (exact) mass is 624 g/mol. The molecule has 0 N–H and O–H groups in total. The Labute approximate surface area is 286 Å². The summed E-state index contributed by atoms with van der Waals surface area (Å²) in [6.07, 6.45) is 5.47. The van der Waals surface area contributed by atoms with Crippen molar-refractivity contribution in [2.75, 3.05) is 0 Å². The van der Waals surface area contributed by atoms with E-state index in [9.17, 15) is 0 Å². The molecular weight excluding hydrogens is 593 g/mol. The Kier molecular flexibility index (Phi) is 6.38. The Bertz CT molecular complexity index is 2590. The Morgan fingerprint density at radius 1 is 0.388 bits per heavy atom. The van der Waals surface area contributed by atoms with Gasteiger partial charge in [-0.15, -0.1) is 0 Å². The molecule has 49 heavy (non-hydrogen) atoms. The first kappa shape index (κ1) is 27.9. The van der Waals surface area contributed by atoms with Crippen molar-refractivity contribution in [3.05, 3.63) is 187 Å². The molecule has 1 heterocycles. The predicted octanol–water partition coefficient (Wildman–Crippen LogP) is 12.8. The van der Waals surface area contributed by atoms with Crippen molar-refractivity contribution in [1.82, 2.24) is 0 Å². The Morgan fingerprint density at radius 3 is 1.59 bits per heavy atom. The SMILES string of the molecule is C1=CC(c2c3ccccc3c(-c3ccccc3-c3ccccc3)c3ccccc23)=C2c3ccc4c(-c5ccccc5)cccc4c3OC2C1. The number of hydrogen-bond donors (Lipinski definition) is 0. The van der Waals surface area contributed by atoms with Crippen molar-refractivity contribution in [2.45, 2.75) is 12.5 Å². The van der Waals surface area contributed by atoms with Crippen LogP contribution in [0.5, 0.6) is 5.75 Å². The molecule has 1 aliphatic carbocycles. The van der Waals surface area contributed by atoms with E-state index in [1.807, 2.05) is 0 Å². The highest BCUT2D eigenvalue weighted by atomic mass is 16.5. The summed E-state index contributed by atoms with van der Waals surface area (Å²) in [6.45, 7) is 0. The summed E-state index contributed by atoms with van der Waals surface area (Å²) in [6, 6.07) is 59.4. The smallest absolute Gasteiger partial charge is 0.135 e. The van der Waals surface area contributed by atoms with Gasteiger partial charge >= 0.3 is 0 Å². The van der Waals surface area contributed by atoms with Crippen molar-refractivity contribution in [3.8, 4) is 39.1 Å². The van der Waals surface area contributed by atoms with Gasteiger partial charge < -0.3 is 4.74 Å². The number of ether oxygens (including phenoxy) is 1. The molecule has 0 radical (unpaired) electrons. The standard InChI is InChI=1S/C48H32O/c1-3-15-31(16-4-1)33-25-13-26-41-35(33)29-30-43-47-42(27-14-28-44(47)49-48(41)43)46-39-23-11-9-21-37(39)45(38-22-10-12-24-40(38)46)36-20-8-7-19-34(36)32-17-5-2-6-18-32/h1-27,29-30,44H,28H2. The van der Waals surface area contributed by atoms with Crippen LogP contribution in [-0.2, 0) is 0 Å². The minimum absolute atomic E-state index is 0.0306. The number of fused-ring (bicyclic) bond motifs is 7. The third kappa shape index (κ3) is 4.33. The molecule has 0 saturated carbocycles. The number of benzene rings is 8. The quantitative estimate of drug-likeness (QED) is 0.177. The lowest BCUT2D eigenvalue weighted by molar-refractivity contribution is 0.282. The lowest BCUT2D eigenvalue weighted by Gasteiger charge is -2.23. The molecule has 10 rings (SSSR count). The van der Waals surface area contributed by atoms with Crippen LogP contribution >= 0.6 is 0 Å². The normalized spacial score (nSPS) is 15.1. The molecule has 0 bridgehead atoms. The minimum Gasteiger partial charge on any atom is -0.484 e. The van der Waals surface area contributed by atoms with Crippen LogP contribution < -0.4 is 4.74 Å². The third-order valence-electron chi connectivity index (χ3n) is 10.4. The summed E-state index contributed by atoms with van der Waals surface area (Å²) in [5.74, 6) is 0.999. The molecule has 2 aliphatic rings. The molecule has 0 amide bonds. The molecule has 0 aromatic heterocycles. The van der Waals surface area contributed by atoms with E-state index in [0.29, 0.717) is 0 Å². The van der Waals surface area contributed by atoms with Crippen LogP contribution in [0.1, 0.15) is 17.5 Å². The fourth-order valence-corrected chi connectivity index (χ4v) is 8.29. The molecule has 0 saturated heterocycles. The minimum atomic E-state index is -0.0306. The van der Waals surface area contributed by atoms with E-state index >= 15 is 0 Å². The average Bonchev–Trinajstić information content (AvgIpc) is 3.57. The van der Waals surface area contributed by atoms with Gasteiger partial charge in [0.05, 0.1) is 0 Å². The predicted molar refractivity (Wildman–Crippen MR) is 207 cm³/mol. The zero-order valence-electron chi connectivity index (χ0n) is 26.9. The molecule has 1 aliphatic heterocycles. The second kappa shape index (κ2) is 11.2. The maximum Gasteiger partial charge on any atom is 0.135 e. The third-order valence-corrected chi connectivity index (χ3v) is 10.4. The summed E-state index contributed by atoms with van der Waals surface area (Å²) in [5.41, 5.74) is 12.5. The molecule has 0 spiro atoms. The second-order valence-electron chi connectivity index (χ2n) is 13.0. The molecule has 1 heteroatoms. The molecule has 1 atom stereocenters. The van der Waals surface area contributed by atoms with Crippen LogP contribution in [0.2, 0.25) is 0 Å². The van der Waals surface area contributed by atoms with Crippen LogP contribution in [0.3, 0.4) is 0 Å². The van der Waals surface area contributed by atoms with Gasteiger partial charge in [-0.2, -0.15) is 0 Å². The maximum absolute atomic E-state index is 6.94. The van der Waals surface area contributed by atoms with Gasteiger partial charge in [-0.25, -0.2) is 0 Å². The average molecular weight is 625 g/mol. The van der Waals surface area contributed by atoms with Gasteiger partial charge in [-0.1, -0.05) is 176 Å². The van der Waals surface area contributed by atoms with Crippen molar-refractivity contribution >= 4 is 43.5 Å². The van der Waals surface area contributed by atoms with E-state index in [0.717, 1.165) is 12.2 Å². The number of allylic oxidation sites excluding steroid dienone is 2. The fraction of sp³-hybridized carbons (Fsp3) is 0.0417. The van der Waals surface area contributed by atoms with Crippen LogP contribution in [0.15, 0.2) is 176 Å². The van der Waals surface area contributed by atoms with Crippen molar-refractivity contribution in [3.63, 3.8) is 0 Å². The van der Waals surface area contributed by atoms with Gasteiger partial charge in [0.25, 0.3) is 0 Å². The maximum atomic E-state index is 6.94. The first-order chi connectivity index (χ1) is 24.3. The summed E-state index contributed by atoms with van der Waals surface area (Å²) < 4.78 is 6.94. The second-order valence-corrected chi connectivity index (χ2v) is 13.0. The number of hydrogen-bond acceptors (Lipinski definition) is 1. The summed E-state index contributed by atoms with van der Waals surface area (Å²) in [7, 11) is 0. The molecule has 1 nitrogen and oxygen atoms in total. The molecule has 230 valence electrons. The van der Waals surface area contributed by atoms with Crippen LogP contribution in [-0.4, -0.2) is 6.10 Å². The summed E-state index contributed by atoms with van der Waals surface area (Å²) in [5, 5.41) is 7.42. The Balaban J connectivity index is 1.25. The van der Waals surface area contributed by atoms with Gasteiger partial charge in [0.1, 0.15) is 11.9 Å². The van der Waals surface area contributed by atoms with E-state index in [2.05, 4.69) is 176 Å². The lowest BCUT2D eigenvalue weighted by atomic mass is 9.80. The van der Waals surface area contributed by atoms with Crippen molar-refractivity contribution in [2.24, 2.45) is 0 Å². The van der Waals surface area contributed by atoms with Crippen LogP contribution in [0.25, 0.3) is 76.8 Å². The van der Waals surface area contributed by atoms with Gasteiger partial charge in [-0.05, 0) is 71.4 Å². The topological polar surface area (TPSA) is 9.23 Å². The Hall–Kier alpha value is -6.18. The van der Waals surface area contributed by atoms with Gasteiger partial charge in [-0.3, -0.25) is 0 Å². The van der Waals surface area contributed by atoms with E-state index in [1.54, 1.807) is 0 Å². The first-order valence-corrected chi connectivity index (χ1v) is 17.1. The van der Waals surface area contributed by atoms with Gasteiger partial charge in [0, 0.05) is 22.9 Å². The molecule has 1 unspecified atom stereocenters. The highest BCUT2D eigenvalue weighted by Gasteiger charge is 2.35. The molecular formula is C48H32O. The van der Waals surface area contributed by atoms with Gasteiger partial charge in [0.2, 0.25) is 0 Å². The first-order valence-electron chi connectivity index (χ1n) is 17.1. The van der Waals surface area contributed by atoms with Gasteiger partial charge in [0.15, 0.2) is 0 Å². The van der Waals surface area contributed by atoms with Crippen molar-refractivity contribution < 1.29 is 4.74 Å². The van der Waals surface area contributed by atoms with Crippen LogP contribution in [0, 0.1) is 0 Å². The fourth-order valence-electron chi connectivity index (χ4n) is 8.29.